The molecule has 0 aliphatic rings. The topological polar surface area (TPSA) is 116 Å². The lowest BCUT2D eigenvalue weighted by atomic mass is 9.96. The second-order valence-electron chi connectivity index (χ2n) is 6.70. The van der Waals surface area contributed by atoms with Crippen molar-refractivity contribution in [3.8, 4) is 0 Å². The minimum Gasteiger partial charge on any atom is -0.390 e. The largest absolute Gasteiger partial charge is 0.390 e. The molecule has 0 saturated heterocycles. The monoisotopic (exact) mass is 377 g/mol. The first-order valence-electron chi connectivity index (χ1n) is 8.79. The summed E-state index contributed by atoms with van der Waals surface area (Å²) in [5.41, 5.74) is 1.68. The zero-order chi connectivity index (χ0) is 20.0. The number of ether oxygens (including phenoxy) is 1. The van der Waals surface area contributed by atoms with E-state index in [4.69, 9.17) is 9.57 Å². The van der Waals surface area contributed by atoms with E-state index >= 15 is 0 Å². The highest BCUT2D eigenvalue weighted by Crippen LogP contribution is 2.17. The number of methoxy groups -OCH3 is 1. The van der Waals surface area contributed by atoms with E-state index < -0.39 is 24.2 Å². The Morgan fingerprint density at radius 1 is 1.26 bits per heavy atom. The van der Waals surface area contributed by atoms with Gasteiger partial charge in [-0.2, -0.15) is 0 Å². The Morgan fingerprint density at radius 3 is 2.63 bits per heavy atom. The second-order valence-corrected chi connectivity index (χ2v) is 6.70. The van der Waals surface area contributed by atoms with E-state index in [1.54, 1.807) is 6.07 Å². The molecule has 0 radical (unpaired) electrons. The van der Waals surface area contributed by atoms with Crippen molar-refractivity contribution in [2.24, 2.45) is 11.1 Å². The minimum absolute atomic E-state index is 0.00732. The van der Waals surface area contributed by atoms with E-state index in [-0.39, 0.29) is 18.2 Å². The van der Waals surface area contributed by atoms with Crippen LogP contribution < -0.4 is 5.32 Å². The molecule has 0 fully saturated rings. The van der Waals surface area contributed by atoms with Gasteiger partial charge in [-0.3, -0.25) is 4.79 Å². The Kier molecular flexibility index (Phi) is 7.35. The number of carbonyl (C=O) groups is 1. The van der Waals surface area contributed by atoms with Crippen LogP contribution in [0.25, 0.3) is 10.9 Å². The first-order valence-corrected chi connectivity index (χ1v) is 8.79. The van der Waals surface area contributed by atoms with E-state index in [2.05, 4.69) is 15.5 Å². The lowest BCUT2D eigenvalue weighted by molar-refractivity contribution is -0.120. The smallest absolute Gasteiger partial charge is 0.265 e. The Hall–Kier alpha value is -2.42. The molecule has 148 valence electrons. The van der Waals surface area contributed by atoms with Crippen LogP contribution in [0.3, 0.4) is 0 Å². The molecule has 0 saturated carbocycles. The molecular formula is C19H27N3O5. The lowest BCUT2D eigenvalue weighted by Gasteiger charge is -2.25. The fraction of sp³-hybridized carbons (Fsp3) is 0.474. The van der Waals surface area contributed by atoms with Gasteiger partial charge in [0.25, 0.3) is 5.91 Å². The van der Waals surface area contributed by atoms with Crippen molar-refractivity contribution in [3.05, 3.63) is 30.5 Å². The van der Waals surface area contributed by atoms with Gasteiger partial charge in [0.15, 0.2) is 6.61 Å². The van der Waals surface area contributed by atoms with Crippen molar-refractivity contribution in [2.75, 3.05) is 19.0 Å². The Morgan fingerprint density at radius 2 is 2.00 bits per heavy atom. The van der Waals surface area contributed by atoms with Gasteiger partial charge in [-0.1, -0.05) is 25.1 Å². The average molecular weight is 377 g/mol. The Balaban J connectivity index is 2.01. The van der Waals surface area contributed by atoms with Gasteiger partial charge in [0, 0.05) is 24.5 Å². The van der Waals surface area contributed by atoms with Crippen LogP contribution >= 0.6 is 0 Å². The first-order chi connectivity index (χ1) is 12.8. The van der Waals surface area contributed by atoms with Crippen LogP contribution in [0.1, 0.15) is 20.8 Å². The summed E-state index contributed by atoms with van der Waals surface area (Å²) in [6.45, 7) is 4.88. The van der Waals surface area contributed by atoms with Gasteiger partial charge in [-0.25, -0.2) is 0 Å². The molecule has 3 atom stereocenters. The van der Waals surface area contributed by atoms with Crippen LogP contribution in [0, 0.1) is 5.92 Å². The minimum atomic E-state index is -1.25. The summed E-state index contributed by atoms with van der Waals surface area (Å²) in [4.78, 5) is 20.3. The third-order valence-electron chi connectivity index (χ3n) is 4.12. The normalized spacial score (nSPS) is 15.6. The molecule has 2 aromatic rings. The van der Waals surface area contributed by atoms with Crippen LogP contribution in [0.15, 0.2) is 35.6 Å². The van der Waals surface area contributed by atoms with Gasteiger partial charge in [0.2, 0.25) is 0 Å². The molecule has 0 unspecified atom stereocenters. The number of hydrogen-bond acceptors (Lipinski definition) is 6. The fourth-order valence-electron chi connectivity index (χ4n) is 2.74. The Bertz CT molecular complexity index is 784. The van der Waals surface area contributed by atoms with E-state index in [1.165, 1.54) is 14.0 Å². The molecule has 4 N–H and O–H groups in total. The molecule has 0 aliphatic carbocycles. The number of benzene rings is 1. The van der Waals surface area contributed by atoms with Gasteiger partial charge in [0.1, 0.15) is 17.9 Å². The molecule has 1 aromatic heterocycles. The molecule has 0 spiro atoms. The third kappa shape index (κ3) is 5.53. The quantitative estimate of drug-likeness (QED) is 0.393. The number of carbonyl (C=O) groups excluding carboxylic acids is 1. The predicted molar refractivity (Wildman–Crippen MR) is 104 cm³/mol. The fourth-order valence-corrected chi connectivity index (χ4v) is 2.74. The van der Waals surface area contributed by atoms with E-state index in [1.807, 2.05) is 38.2 Å². The third-order valence-corrected chi connectivity index (χ3v) is 4.12. The highest BCUT2D eigenvalue weighted by atomic mass is 16.6. The van der Waals surface area contributed by atoms with Crippen LogP contribution in [0.4, 0.5) is 5.69 Å². The van der Waals surface area contributed by atoms with Gasteiger partial charge in [-0.15, -0.1) is 0 Å². The number of H-pyrrole nitrogens is 1. The molecule has 2 rings (SSSR count). The maximum absolute atomic E-state index is 12.1. The van der Waals surface area contributed by atoms with E-state index in [0.29, 0.717) is 5.69 Å². The van der Waals surface area contributed by atoms with Gasteiger partial charge in [-0.05, 0) is 36.4 Å². The maximum Gasteiger partial charge on any atom is 0.265 e. The molecule has 1 heterocycles. The number of fused-ring (bicyclic) bond motifs is 1. The standard InChI is InChI=1S/C19H27N3O5/c1-11(2)19(26-4)17(18(25)12(3)23)22-27-10-16(24)21-14-6-5-13-7-8-20-15(13)9-14/h5-9,11-12,18-20,23,25H,10H2,1-4H3,(H,21,24)/b22-17+/t12-,18+,19+/m1/s1. The van der Waals surface area contributed by atoms with Crippen LogP contribution in [-0.2, 0) is 14.4 Å². The van der Waals surface area contributed by atoms with Crippen molar-refractivity contribution < 1.29 is 24.6 Å². The number of hydrogen-bond donors (Lipinski definition) is 4. The number of rotatable bonds is 9. The summed E-state index contributed by atoms with van der Waals surface area (Å²) in [5.74, 6) is -0.402. The van der Waals surface area contributed by atoms with Crippen molar-refractivity contribution in [1.82, 2.24) is 4.98 Å². The zero-order valence-electron chi connectivity index (χ0n) is 16.0. The highest BCUT2D eigenvalue weighted by Gasteiger charge is 2.29. The summed E-state index contributed by atoms with van der Waals surface area (Å²) in [5, 5.41) is 27.5. The molecule has 0 bridgehead atoms. The van der Waals surface area contributed by atoms with Crippen molar-refractivity contribution in [2.45, 2.75) is 39.1 Å². The summed E-state index contributed by atoms with van der Waals surface area (Å²) in [6, 6.07) is 7.44. The molecule has 8 heteroatoms. The second kappa shape index (κ2) is 9.50. The number of aromatic amines is 1. The van der Waals surface area contributed by atoms with Crippen LogP contribution in [0.2, 0.25) is 0 Å². The number of aliphatic hydroxyl groups excluding tert-OH is 2. The van der Waals surface area contributed by atoms with Crippen LogP contribution in [0.5, 0.6) is 0 Å². The van der Waals surface area contributed by atoms with Crippen molar-refractivity contribution >= 4 is 28.2 Å². The molecule has 8 nitrogen and oxygen atoms in total. The number of anilines is 1. The number of nitrogens with one attached hydrogen (secondary N) is 2. The van der Waals surface area contributed by atoms with Crippen LogP contribution in [-0.4, -0.2) is 58.8 Å². The van der Waals surface area contributed by atoms with Crippen molar-refractivity contribution in [1.29, 1.82) is 0 Å². The van der Waals surface area contributed by atoms with Gasteiger partial charge >= 0.3 is 0 Å². The number of nitrogens with zero attached hydrogens (tertiary/aromatic N) is 1. The lowest BCUT2D eigenvalue weighted by Crippen LogP contribution is -2.42. The summed E-state index contributed by atoms with van der Waals surface area (Å²) in [6.07, 6.45) is -1.03. The van der Waals surface area contributed by atoms with E-state index in [0.717, 1.165) is 10.9 Å². The summed E-state index contributed by atoms with van der Waals surface area (Å²) < 4.78 is 5.35. The van der Waals surface area contributed by atoms with Gasteiger partial charge in [0.05, 0.1) is 6.10 Å². The number of amides is 1. The first kappa shape index (κ1) is 20.9. The molecule has 1 aromatic carbocycles. The molecule has 0 aliphatic heterocycles. The predicted octanol–water partition coefficient (Wildman–Crippen LogP) is 1.89. The maximum atomic E-state index is 12.1. The molecule has 27 heavy (non-hydrogen) atoms. The zero-order valence-corrected chi connectivity index (χ0v) is 16.0. The molecule has 1 amide bonds. The highest BCUT2D eigenvalue weighted by molar-refractivity contribution is 5.95. The number of aromatic nitrogens is 1. The van der Waals surface area contributed by atoms with Crippen molar-refractivity contribution in [3.63, 3.8) is 0 Å². The average Bonchev–Trinajstić information content (AvgIpc) is 3.07. The van der Waals surface area contributed by atoms with E-state index in [9.17, 15) is 15.0 Å². The summed E-state index contributed by atoms with van der Waals surface area (Å²) >= 11 is 0. The molecular weight excluding hydrogens is 350 g/mol. The summed E-state index contributed by atoms with van der Waals surface area (Å²) in [7, 11) is 1.48. The van der Waals surface area contributed by atoms with Gasteiger partial charge < -0.3 is 30.1 Å². The SMILES string of the molecule is CO[C@H](/C(=N/OCC(=O)Nc1ccc2cc[nH]c2c1)[C@@H](O)[C@@H](C)O)C(C)C. The number of aliphatic hydroxyl groups is 2. The Labute approximate surface area is 158 Å². The number of oxime groups is 1.